The van der Waals surface area contributed by atoms with Crippen LogP contribution in [0.5, 0.6) is 0 Å². The average molecular weight is 212 g/mol. The van der Waals surface area contributed by atoms with Crippen molar-refractivity contribution in [3.8, 4) is 0 Å². The number of hydrogen-bond donors (Lipinski definition) is 2. The van der Waals surface area contributed by atoms with Gasteiger partial charge in [0.15, 0.2) is 0 Å². The van der Waals surface area contributed by atoms with Gasteiger partial charge in [-0.15, -0.1) is 0 Å². The predicted molar refractivity (Wildman–Crippen MR) is 56.9 cm³/mol. The monoisotopic (exact) mass is 212 g/mol. The number of hydrogen-bond acceptors (Lipinski definition) is 4. The van der Waals surface area contributed by atoms with Gasteiger partial charge in [0.05, 0.1) is 18.6 Å². The van der Waals surface area contributed by atoms with Gasteiger partial charge in [0.1, 0.15) is 0 Å². The van der Waals surface area contributed by atoms with E-state index in [0.717, 1.165) is 23.6 Å². The van der Waals surface area contributed by atoms with Crippen molar-refractivity contribution in [1.82, 2.24) is 14.9 Å². The Bertz CT molecular complexity index is 312. The van der Waals surface area contributed by atoms with Crippen LogP contribution >= 0.6 is 11.9 Å². The van der Waals surface area contributed by atoms with Crippen molar-refractivity contribution in [3.63, 3.8) is 0 Å². The first kappa shape index (κ1) is 9.39. The van der Waals surface area contributed by atoms with E-state index in [-0.39, 0.29) is 6.03 Å². The standard InChI is InChI=1S/C8H12N4OS/c1-9-8(13)12-3-2-6-7(4-12)14-11-5-10-6/h5H,2-4H2,1H3,(H,9,13)(H,10,11). The first-order valence-electron chi connectivity index (χ1n) is 4.45. The molecule has 14 heavy (non-hydrogen) atoms. The number of amides is 2. The molecule has 0 aliphatic carbocycles. The molecule has 5 nitrogen and oxygen atoms in total. The fraction of sp³-hybridized carbons (Fsp3) is 0.500. The van der Waals surface area contributed by atoms with Crippen LogP contribution in [-0.4, -0.2) is 37.4 Å². The van der Waals surface area contributed by atoms with Gasteiger partial charge in [0.2, 0.25) is 0 Å². The molecule has 2 rings (SSSR count). The second-order valence-corrected chi connectivity index (χ2v) is 4.01. The Morgan fingerprint density at radius 1 is 1.79 bits per heavy atom. The van der Waals surface area contributed by atoms with Crippen molar-refractivity contribution in [3.05, 3.63) is 10.6 Å². The van der Waals surface area contributed by atoms with Gasteiger partial charge in [-0.1, -0.05) is 0 Å². The molecule has 2 heterocycles. The van der Waals surface area contributed by atoms with Crippen LogP contribution in [0.25, 0.3) is 0 Å². The fourth-order valence-corrected chi connectivity index (χ4v) is 2.23. The molecule has 0 fully saturated rings. The van der Waals surface area contributed by atoms with Crippen LogP contribution in [0, 0.1) is 0 Å². The maximum absolute atomic E-state index is 11.4. The molecule has 0 saturated heterocycles. The molecule has 76 valence electrons. The van der Waals surface area contributed by atoms with Crippen molar-refractivity contribution < 1.29 is 4.79 Å². The van der Waals surface area contributed by atoms with Gasteiger partial charge in [-0.05, 0) is 11.9 Å². The summed E-state index contributed by atoms with van der Waals surface area (Å²) < 4.78 is 2.97. The summed E-state index contributed by atoms with van der Waals surface area (Å²) >= 11 is 1.54. The molecular weight excluding hydrogens is 200 g/mol. The summed E-state index contributed by atoms with van der Waals surface area (Å²) in [7, 11) is 1.65. The van der Waals surface area contributed by atoms with Gasteiger partial charge >= 0.3 is 6.03 Å². The van der Waals surface area contributed by atoms with Crippen LogP contribution in [0.3, 0.4) is 0 Å². The lowest BCUT2D eigenvalue weighted by molar-refractivity contribution is 0.203. The number of carbonyl (C=O) groups excluding carboxylic acids is 1. The summed E-state index contributed by atoms with van der Waals surface area (Å²) in [6.07, 6.45) is 2.53. The number of aliphatic imine (C=N–C) groups is 1. The Balaban J connectivity index is 2.08. The predicted octanol–water partition coefficient (Wildman–Crippen LogP) is 0.523. The van der Waals surface area contributed by atoms with Gasteiger partial charge in [-0.3, -0.25) is 0 Å². The zero-order valence-electron chi connectivity index (χ0n) is 7.91. The van der Waals surface area contributed by atoms with Gasteiger partial charge in [0.25, 0.3) is 0 Å². The lowest BCUT2D eigenvalue weighted by atomic mass is 10.2. The molecule has 2 aliphatic rings. The number of nitrogens with one attached hydrogen (secondary N) is 2. The van der Waals surface area contributed by atoms with Crippen molar-refractivity contribution in [1.29, 1.82) is 0 Å². The largest absolute Gasteiger partial charge is 0.341 e. The highest BCUT2D eigenvalue weighted by atomic mass is 32.2. The molecule has 6 heteroatoms. The summed E-state index contributed by atoms with van der Waals surface area (Å²) in [6, 6.07) is -0.0216. The van der Waals surface area contributed by atoms with E-state index in [2.05, 4.69) is 15.0 Å². The molecule has 0 spiro atoms. The van der Waals surface area contributed by atoms with Gasteiger partial charge in [0, 0.05) is 24.9 Å². The summed E-state index contributed by atoms with van der Waals surface area (Å²) in [5, 5.41) is 2.63. The van der Waals surface area contributed by atoms with Gasteiger partial charge < -0.3 is 14.9 Å². The molecule has 0 atom stereocenters. The van der Waals surface area contributed by atoms with E-state index in [1.54, 1.807) is 18.3 Å². The van der Waals surface area contributed by atoms with E-state index in [1.807, 2.05) is 0 Å². The van der Waals surface area contributed by atoms with Crippen LogP contribution in [-0.2, 0) is 0 Å². The van der Waals surface area contributed by atoms with Crippen molar-refractivity contribution in [2.75, 3.05) is 20.1 Å². The van der Waals surface area contributed by atoms with Crippen LogP contribution in [0.4, 0.5) is 4.79 Å². The molecule has 0 aromatic carbocycles. The average Bonchev–Trinajstić information content (AvgIpc) is 2.27. The molecule has 0 unspecified atom stereocenters. The maximum atomic E-state index is 11.4. The van der Waals surface area contributed by atoms with E-state index in [0.29, 0.717) is 6.54 Å². The van der Waals surface area contributed by atoms with Crippen LogP contribution in [0.15, 0.2) is 15.6 Å². The highest BCUT2D eigenvalue weighted by Gasteiger charge is 2.23. The SMILES string of the molecule is CNC(=O)N1CCC2=C(C1)SNC=N2. The quantitative estimate of drug-likeness (QED) is 0.576. The highest BCUT2D eigenvalue weighted by Crippen LogP contribution is 2.27. The molecule has 2 N–H and O–H groups in total. The minimum Gasteiger partial charge on any atom is -0.341 e. The Hall–Kier alpha value is -1.17. The van der Waals surface area contributed by atoms with Crippen molar-refractivity contribution in [2.24, 2.45) is 4.99 Å². The van der Waals surface area contributed by atoms with E-state index in [4.69, 9.17) is 0 Å². The molecule has 2 amide bonds. The molecule has 0 bridgehead atoms. The Morgan fingerprint density at radius 3 is 3.43 bits per heavy atom. The first-order valence-corrected chi connectivity index (χ1v) is 5.26. The lowest BCUT2D eigenvalue weighted by Crippen LogP contribution is -2.42. The Labute approximate surface area is 86.8 Å². The summed E-state index contributed by atoms with van der Waals surface area (Å²) in [4.78, 5) is 18.5. The smallest absolute Gasteiger partial charge is 0.317 e. The minimum atomic E-state index is -0.0216. The van der Waals surface area contributed by atoms with Gasteiger partial charge in [-0.2, -0.15) is 0 Å². The second kappa shape index (κ2) is 3.91. The van der Waals surface area contributed by atoms with Crippen molar-refractivity contribution >= 4 is 24.3 Å². The van der Waals surface area contributed by atoms with E-state index in [9.17, 15) is 4.79 Å². The third-order valence-electron chi connectivity index (χ3n) is 2.23. The zero-order chi connectivity index (χ0) is 9.97. The zero-order valence-corrected chi connectivity index (χ0v) is 8.73. The number of rotatable bonds is 0. The summed E-state index contributed by atoms with van der Waals surface area (Å²) in [5.74, 6) is 0. The summed E-state index contributed by atoms with van der Waals surface area (Å²) in [6.45, 7) is 1.40. The molecule has 2 aliphatic heterocycles. The number of carbonyl (C=O) groups is 1. The maximum Gasteiger partial charge on any atom is 0.317 e. The Kier molecular flexibility index (Phi) is 2.62. The normalized spacial score (nSPS) is 20.2. The van der Waals surface area contributed by atoms with Crippen molar-refractivity contribution in [2.45, 2.75) is 6.42 Å². The molecular formula is C8H12N4OS. The number of nitrogens with zero attached hydrogens (tertiary/aromatic N) is 2. The third-order valence-corrected chi connectivity index (χ3v) is 3.07. The molecule has 0 radical (unpaired) electrons. The third kappa shape index (κ3) is 1.70. The lowest BCUT2D eigenvalue weighted by Gasteiger charge is -2.29. The van der Waals surface area contributed by atoms with E-state index < -0.39 is 0 Å². The topological polar surface area (TPSA) is 56.7 Å². The second-order valence-electron chi connectivity index (χ2n) is 3.07. The Morgan fingerprint density at radius 2 is 2.64 bits per heavy atom. The first-order chi connectivity index (χ1) is 6.81. The van der Waals surface area contributed by atoms with Crippen LogP contribution in [0.2, 0.25) is 0 Å². The van der Waals surface area contributed by atoms with E-state index >= 15 is 0 Å². The summed E-state index contributed by atoms with van der Waals surface area (Å²) in [5.41, 5.74) is 1.11. The molecule has 0 aromatic rings. The van der Waals surface area contributed by atoms with Gasteiger partial charge in [-0.25, -0.2) is 9.79 Å². The van der Waals surface area contributed by atoms with Crippen LogP contribution in [0.1, 0.15) is 6.42 Å². The number of urea groups is 1. The van der Waals surface area contributed by atoms with E-state index in [1.165, 1.54) is 11.9 Å². The minimum absolute atomic E-state index is 0.0216. The van der Waals surface area contributed by atoms with Crippen LogP contribution < -0.4 is 10.0 Å². The fourth-order valence-electron chi connectivity index (χ4n) is 1.48. The molecule has 0 aromatic heterocycles. The molecule has 0 saturated carbocycles. The highest BCUT2D eigenvalue weighted by molar-refractivity contribution is 8.01.